The quantitative estimate of drug-likeness (QED) is 0.296. The van der Waals surface area contributed by atoms with Crippen LogP contribution in [-0.4, -0.2) is 34.3 Å². The number of hydrogen-bond acceptors (Lipinski definition) is 3. The number of aliphatic imine (C=N–C) groups is 1. The van der Waals surface area contributed by atoms with E-state index in [9.17, 15) is 0 Å². The topological polar surface area (TPSA) is 67.1 Å². The van der Waals surface area contributed by atoms with Crippen LogP contribution in [0.1, 0.15) is 18.4 Å². The number of hydrogen-bond donors (Lipinski definition) is 2. The summed E-state index contributed by atoms with van der Waals surface area (Å²) in [5, 5.41) is 14.9. The van der Waals surface area contributed by atoms with E-state index in [0.29, 0.717) is 0 Å². The van der Waals surface area contributed by atoms with E-state index in [1.807, 2.05) is 28.8 Å². The monoisotopic (exact) mass is 448 g/mol. The molecule has 0 radical (unpaired) electrons. The molecule has 0 aliphatic heterocycles. The maximum Gasteiger partial charge on any atom is 0.191 e. The summed E-state index contributed by atoms with van der Waals surface area (Å²) in [6.07, 6.45) is 5.60. The number of rotatable bonds is 7. The van der Waals surface area contributed by atoms with Gasteiger partial charge in [-0.3, -0.25) is 4.99 Å². The summed E-state index contributed by atoms with van der Waals surface area (Å²) < 4.78 is 1.98. The first-order valence-corrected chi connectivity index (χ1v) is 7.67. The van der Waals surface area contributed by atoms with Crippen molar-refractivity contribution in [3.8, 4) is 0 Å². The van der Waals surface area contributed by atoms with Crippen molar-refractivity contribution in [1.82, 2.24) is 25.4 Å². The number of nitrogens with zero attached hydrogens (tertiary/aromatic N) is 4. The SMILES string of the molecule is CN=C(NCCCCn1cnnc1)NCc1ccc(Cl)cc1.I. The van der Waals surface area contributed by atoms with E-state index in [0.717, 1.165) is 43.5 Å². The molecule has 0 aliphatic rings. The van der Waals surface area contributed by atoms with Crippen molar-refractivity contribution < 1.29 is 0 Å². The summed E-state index contributed by atoms with van der Waals surface area (Å²) in [5.41, 5.74) is 1.17. The molecule has 126 valence electrons. The van der Waals surface area contributed by atoms with Gasteiger partial charge in [0.15, 0.2) is 5.96 Å². The second-order valence-corrected chi connectivity index (χ2v) is 5.32. The molecule has 23 heavy (non-hydrogen) atoms. The minimum absolute atomic E-state index is 0. The molecule has 8 heteroatoms. The largest absolute Gasteiger partial charge is 0.356 e. The number of halogens is 2. The lowest BCUT2D eigenvalue weighted by Gasteiger charge is -2.12. The van der Waals surface area contributed by atoms with Crippen molar-refractivity contribution in [1.29, 1.82) is 0 Å². The highest BCUT2D eigenvalue weighted by Crippen LogP contribution is 2.08. The highest BCUT2D eigenvalue weighted by Gasteiger charge is 1.98. The van der Waals surface area contributed by atoms with Crippen LogP contribution in [0.15, 0.2) is 41.9 Å². The van der Waals surface area contributed by atoms with Gasteiger partial charge in [-0.1, -0.05) is 23.7 Å². The minimum atomic E-state index is 0. The van der Waals surface area contributed by atoms with Gasteiger partial charge in [-0.05, 0) is 30.5 Å². The van der Waals surface area contributed by atoms with E-state index in [1.165, 1.54) is 5.56 Å². The lowest BCUT2D eigenvalue weighted by atomic mass is 10.2. The van der Waals surface area contributed by atoms with Gasteiger partial charge in [-0.25, -0.2) is 0 Å². The third kappa shape index (κ3) is 7.65. The van der Waals surface area contributed by atoms with Crippen LogP contribution in [-0.2, 0) is 13.1 Å². The summed E-state index contributed by atoms with van der Waals surface area (Å²) >= 11 is 5.87. The van der Waals surface area contributed by atoms with E-state index < -0.39 is 0 Å². The molecule has 0 spiro atoms. The number of benzene rings is 1. The van der Waals surface area contributed by atoms with Crippen molar-refractivity contribution in [2.75, 3.05) is 13.6 Å². The first-order valence-electron chi connectivity index (χ1n) is 7.29. The van der Waals surface area contributed by atoms with Gasteiger partial charge in [0.05, 0.1) is 0 Å². The first-order chi connectivity index (χ1) is 10.8. The molecule has 0 fully saturated rings. The average molecular weight is 449 g/mol. The number of aromatic nitrogens is 3. The molecule has 1 aromatic carbocycles. The maximum absolute atomic E-state index is 5.87. The molecule has 0 amide bonds. The van der Waals surface area contributed by atoms with E-state index in [4.69, 9.17) is 11.6 Å². The molecule has 0 atom stereocenters. The van der Waals surface area contributed by atoms with Crippen LogP contribution in [0, 0.1) is 0 Å². The molecule has 2 aromatic rings. The molecular formula is C15H22ClIN6. The van der Waals surface area contributed by atoms with Crippen molar-refractivity contribution in [2.24, 2.45) is 4.99 Å². The van der Waals surface area contributed by atoms with E-state index in [2.05, 4.69) is 25.8 Å². The van der Waals surface area contributed by atoms with Gasteiger partial charge in [0.25, 0.3) is 0 Å². The summed E-state index contributed by atoms with van der Waals surface area (Å²) in [7, 11) is 1.77. The fourth-order valence-electron chi connectivity index (χ4n) is 1.97. The first kappa shape index (κ1) is 19.7. The van der Waals surface area contributed by atoms with Crippen LogP contribution in [0.4, 0.5) is 0 Å². The lowest BCUT2D eigenvalue weighted by molar-refractivity contribution is 0.597. The average Bonchev–Trinajstić information content (AvgIpc) is 3.05. The van der Waals surface area contributed by atoms with Crippen molar-refractivity contribution in [3.05, 3.63) is 47.5 Å². The highest BCUT2D eigenvalue weighted by atomic mass is 127. The number of nitrogens with one attached hydrogen (secondary N) is 2. The molecule has 0 saturated carbocycles. The van der Waals surface area contributed by atoms with Crippen LogP contribution in [0.3, 0.4) is 0 Å². The van der Waals surface area contributed by atoms with Crippen molar-refractivity contribution >= 4 is 41.5 Å². The number of unbranched alkanes of at least 4 members (excludes halogenated alkanes) is 1. The fourth-order valence-corrected chi connectivity index (χ4v) is 2.10. The van der Waals surface area contributed by atoms with Gasteiger partial charge < -0.3 is 15.2 Å². The Kier molecular flexibility index (Phi) is 9.61. The van der Waals surface area contributed by atoms with E-state index in [1.54, 1.807) is 19.7 Å². The number of guanidine groups is 1. The zero-order valence-electron chi connectivity index (χ0n) is 13.1. The Bertz CT molecular complexity index is 570. The third-order valence-corrected chi connectivity index (χ3v) is 3.45. The number of aryl methyl sites for hydroxylation is 1. The maximum atomic E-state index is 5.87. The fraction of sp³-hybridized carbons (Fsp3) is 0.400. The lowest BCUT2D eigenvalue weighted by Crippen LogP contribution is -2.37. The molecule has 0 saturated heterocycles. The molecular weight excluding hydrogens is 427 g/mol. The van der Waals surface area contributed by atoms with Gasteiger partial charge >= 0.3 is 0 Å². The highest BCUT2D eigenvalue weighted by molar-refractivity contribution is 14.0. The van der Waals surface area contributed by atoms with Crippen LogP contribution in [0.2, 0.25) is 5.02 Å². The standard InChI is InChI=1S/C15H21ClN6.HI/c1-17-15(19-10-13-4-6-14(16)7-5-13)18-8-2-3-9-22-11-20-21-12-22;/h4-7,11-12H,2-3,8-10H2,1H3,(H2,17,18,19);1H. The van der Waals surface area contributed by atoms with Crippen LogP contribution < -0.4 is 10.6 Å². The van der Waals surface area contributed by atoms with Crippen LogP contribution in [0.25, 0.3) is 0 Å². The Morgan fingerprint density at radius 1 is 1.13 bits per heavy atom. The molecule has 0 unspecified atom stereocenters. The molecule has 0 aliphatic carbocycles. The van der Waals surface area contributed by atoms with Gasteiger partial charge in [-0.2, -0.15) is 0 Å². The zero-order chi connectivity index (χ0) is 15.6. The van der Waals surface area contributed by atoms with Gasteiger partial charge in [0.2, 0.25) is 0 Å². The molecule has 2 N–H and O–H groups in total. The molecule has 6 nitrogen and oxygen atoms in total. The predicted octanol–water partition coefficient (Wildman–Crippen LogP) is 2.69. The van der Waals surface area contributed by atoms with Crippen LogP contribution in [0.5, 0.6) is 0 Å². The second kappa shape index (κ2) is 11.2. The Labute approximate surface area is 158 Å². The van der Waals surface area contributed by atoms with E-state index >= 15 is 0 Å². The Morgan fingerprint density at radius 2 is 1.83 bits per heavy atom. The second-order valence-electron chi connectivity index (χ2n) is 4.89. The summed E-state index contributed by atoms with van der Waals surface area (Å²) in [6.45, 7) is 2.53. The van der Waals surface area contributed by atoms with Gasteiger partial charge in [0, 0.05) is 31.7 Å². The zero-order valence-corrected chi connectivity index (χ0v) is 16.2. The molecule has 1 heterocycles. The summed E-state index contributed by atoms with van der Waals surface area (Å²) in [4.78, 5) is 4.21. The van der Waals surface area contributed by atoms with Crippen molar-refractivity contribution in [2.45, 2.75) is 25.9 Å². The predicted molar refractivity (Wildman–Crippen MR) is 104 cm³/mol. The van der Waals surface area contributed by atoms with Gasteiger partial charge in [0.1, 0.15) is 12.7 Å². The normalized spacial score (nSPS) is 11.0. The third-order valence-electron chi connectivity index (χ3n) is 3.20. The molecule has 0 bridgehead atoms. The molecule has 2 rings (SSSR count). The Balaban J connectivity index is 0.00000264. The Morgan fingerprint density at radius 3 is 2.48 bits per heavy atom. The summed E-state index contributed by atoms with van der Waals surface area (Å²) in [6, 6.07) is 7.78. The smallest absolute Gasteiger partial charge is 0.191 e. The Hall–Kier alpha value is -1.35. The summed E-state index contributed by atoms with van der Waals surface area (Å²) in [5.74, 6) is 0.805. The van der Waals surface area contributed by atoms with Gasteiger partial charge in [-0.15, -0.1) is 34.2 Å². The van der Waals surface area contributed by atoms with E-state index in [-0.39, 0.29) is 24.0 Å². The minimum Gasteiger partial charge on any atom is -0.356 e. The van der Waals surface area contributed by atoms with Crippen LogP contribution >= 0.6 is 35.6 Å². The molecule has 1 aromatic heterocycles. The van der Waals surface area contributed by atoms with Crippen molar-refractivity contribution in [3.63, 3.8) is 0 Å².